The zero-order valence-corrected chi connectivity index (χ0v) is 16.1. The second-order valence-electron chi connectivity index (χ2n) is 6.84. The van der Waals surface area contributed by atoms with Gasteiger partial charge in [0.2, 0.25) is 0 Å². The Morgan fingerprint density at radius 1 is 0.963 bits per heavy atom. The summed E-state index contributed by atoms with van der Waals surface area (Å²) in [5.41, 5.74) is 1.96. The lowest BCUT2D eigenvalue weighted by atomic mass is 10.0. The van der Waals surface area contributed by atoms with E-state index in [1.165, 1.54) is 7.11 Å². The molecule has 0 bridgehead atoms. The largest absolute Gasteiger partial charge is 0.467 e. The molecule has 144 valence electrons. The zero-order chi connectivity index (χ0) is 19.6. The Hall–Kier alpha value is -2.82. The molecule has 2 aromatic carbocycles. The minimum absolute atomic E-state index is 0.226. The van der Waals surface area contributed by atoms with Crippen molar-refractivity contribution < 1.29 is 19.1 Å². The van der Waals surface area contributed by atoms with E-state index in [9.17, 15) is 9.59 Å². The third-order valence-electron chi connectivity index (χ3n) is 4.17. The van der Waals surface area contributed by atoms with Gasteiger partial charge in [0.1, 0.15) is 12.1 Å². The van der Waals surface area contributed by atoms with Gasteiger partial charge in [-0.3, -0.25) is 0 Å². The molecule has 27 heavy (non-hydrogen) atoms. The highest BCUT2D eigenvalue weighted by Crippen LogP contribution is 2.22. The van der Waals surface area contributed by atoms with Crippen molar-refractivity contribution in [2.24, 2.45) is 5.92 Å². The van der Waals surface area contributed by atoms with Crippen LogP contribution in [0.2, 0.25) is 0 Å². The van der Waals surface area contributed by atoms with Gasteiger partial charge in [0.05, 0.1) is 7.11 Å². The minimum atomic E-state index is -0.726. The van der Waals surface area contributed by atoms with Gasteiger partial charge in [-0.05, 0) is 23.5 Å². The number of nitrogens with one attached hydrogen (secondary N) is 1. The fourth-order valence-corrected chi connectivity index (χ4v) is 2.86. The number of carbonyl (C=O) groups is 2. The molecule has 2 atom stereocenters. The van der Waals surface area contributed by atoms with E-state index in [2.05, 4.69) is 5.32 Å². The van der Waals surface area contributed by atoms with Crippen LogP contribution in [-0.2, 0) is 20.7 Å². The monoisotopic (exact) mass is 369 g/mol. The van der Waals surface area contributed by atoms with Crippen molar-refractivity contribution >= 4 is 12.1 Å². The SMILES string of the molecule is COC(=O)[C@H](CC(C)C)NC(=O)OC(Cc1ccccc1)c1ccccc1. The maximum absolute atomic E-state index is 12.5. The van der Waals surface area contributed by atoms with E-state index in [1.807, 2.05) is 74.5 Å². The van der Waals surface area contributed by atoms with Crippen molar-refractivity contribution in [2.75, 3.05) is 7.11 Å². The average Bonchev–Trinajstić information content (AvgIpc) is 2.67. The highest BCUT2D eigenvalue weighted by Gasteiger charge is 2.25. The van der Waals surface area contributed by atoms with Crippen molar-refractivity contribution in [1.29, 1.82) is 0 Å². The minimum Gasteiger partial charge on any atom is -0.467 e. The van der Waals surface area contributed by atoms with Crippen LogP contribution in [0.3, 0.4) is 0 Å². The van der Waals surface area contributed by atoms with E-state index in [0.29, 0.717) is 12.8 Å². The highest BCUT2D eigenvalue weighted by molar-refractivity contribution is 5.81. The normalized spacial score (nSPS) is 12.9. The molecule has 0 aliphatic carbocycles. The molecule has 0 spiro atoms. The quantitative estimate of drug-likeness (QED) is 0.705. The molecule has 0 radical (unpaired) electrons. The van der Waals surface area contributed by atoms with E-state index in [-0.39, 0.29) is 5.92 Å². The van der Waals surface area contributed by atoms with Crippen LogP contribution in [-0.4, -0.2) is 25.2 Å². The summed E-state index contributed by atoms with van der Waals surface area (Å²) >= 11 is 0. The van der Waals surface area contributed by atoms with Crippen molar-refractivity contribution in [2.45, 2.75) is 38.8 Å². The Bertz CT molecular complexity index is 716. The molecule has 1 unspecified atom stereocenters. The Morgan fingerprint density at radius 2 is 1.56 bits per heavy atom. The maximum atomic E-state index is 12.5. The van der Waals surface area contributed by atoms with E-state index in [1.54, 1.807) is 0 Å². The van der Waals surface area contributed by atoms with Gasteiger partial charge in [-0.25, -0.2) is 9.59 Å². The molecule has 0 heterocycles. The van der Waals surface area contributed by atoms with Gasteiger partial charge in [-0.1, -0.05) is 74.5 Å². The number of rotatable bonds is 8. The van der Waals surface area contributed by atoms with Crippen molar-refractivity contribution in [3.63, 3.8) is 0 Å². The number of hydrogen-bond donors (Lipinski definition) is 1. The third-order valence-corrected chi connectivity index (χ3v) is 4.17. The average molecular weight is 369 g/mol. The Kier molecular flexibility index (Phi) is 7.86. The van der Waals surface area contributed by atoms with Crippen LogP contribution in [0.15, 0.2) is 60.7 Å². The van der Waals surface area contributed by atoms with Crippen LogP contribution in [0.5, 0.6) is 0 Å². The number of alkyl carbamates (subject to hydrolysis) is 1. The summed E-state index contributed by atoms with van der Waals surface area (Å²) in [6, 6.07) is 18.7. The zero-order valence-electron chi connectivity index (χ0n) is 16.1. The number of esters is 1. The van der Waals surface area contributed by atoms with E-state index >= 15 is 0 Å². The van der Waals surface area contributed by atoms with E-state index in [0.717, 1.165) is 11.1 Å². The lowest BCUT2D eigenvalue weighted by Crippen LogP contribution is -2.43. The molecule has 0 aliphatic rings. The van der Waals surface area contributed by atoms with Gasteiger partial charge < -0.3 is 14.8 Å². The fraction of sp³-hybridized carbons (Fsp3) is 0.364. The first-order valence-corrected chi connectivity index (χ1v) is 9.13. The fourth-order valence-electron chi connectivity index (χ4n) is 2.86. The number of methoxy groups -OCH3 is 1. The second-order valence-corrected chi connectivity index (χ2v) is 6.84. The van der Waals surface area contributed by atoms with Crippen LogP contribution in [0.25, 0.3) is 0 Å². The summed E-state index contributed by atoms with van der Waals surface area (Å²) < 4.78 is 10.5. The second kappa shape index (κ2) is 10.4. The molecule has 2 rings (SSSR count). The van der Waals surface area contributed by atoms with Crippen LogP contribution in [0.4, 0.5) is 4.79 Å². The Balaban J connectivity index is 2.11. The third kappa shape index (κ3) is 6.77. The number of hydrogen-bond acceptors (Lipinski definition) is 4. The first-order chi connectivity index (χ1) is 13.0. The molecule has 0 fully saturated rings. The summed E-state index contributed by atoms with van der Waals surface area (Å²) in [7, 11) is 1.31. The molecule has 5 nitrogen and oxygen atoms in total. The summed E-state index contributed by atoms with van der Waals surface area (Å²) in [6.45, 7) is 3.95. The predicted molar refractivity (Wildman–Crippen MR) is 104 cm³/mol. The van der Waals surface area contributed by atoms with Crippen molar-refractivity contribution in [1.82, 2.24) is 5.32 Å². The van der Waals surface area contributed by atoms with Gasteiger partial charge in [-0.15, -0.1) is 0 Å². The van der Waals surface area contributed by atoms with Gasteiger partial charge in [0, 0.05) is 6.42 Å². The molecule has 1 amide bonds. The molecule has 1 N–H and O–H groups in total. The smallest absolute Gasteiger partial charge is 0.408 e. The topological polar surface area (TPSA) is 64.6 Å². The van der Waals surface area contributed by atoms with Gasteiger partial charge in [0.15, 0.2) is 0 Å². The van der Waals surface area contributed by atoms with Gasteiger partial charge in [0.25, 0.3) is 0 Å². The Labute approximate surface area is 160 Å². The standard InChI is InChI=1S/C22H27NO4/c1-16(2)14-19(21(24)26-3)23-22(25)27-20(18-12-8-5-9-13-18)15-17-10-6-4-7-11-17/h4-13,16,19-20H,14-15H2,1-3H3,(H,23,25)/t19-,20?/m0/s1. The van der Waals surface area contributed by atoms with E-state index < -0.39 is 24.2 Å². The molecule has 0 aromatic heterocycles. The molecule has 0 saturated heterocycles. The number of benzene rings is 2. The van der Waals surface area contributed by atoms with Crippen LogP contribution < -0.4 is 5.32 Å². The number of carbonyl (C=O) groups excluding carboxylic acids is 2. The first kappa shape index (κ1) is 20.5. The van der Waals surface area contributed by atoms with Crippen molar-refractivity contribution in [3.05, 3.63) is 71.8 Å². The molecule has 2 aromatic rings. The predicted octanol–water partition coefficient (Wildman–Crippen LogP) is 4.28. The first-order valence-electron chi connectivity index (χ1n) is 9.13. The van der Waals surface area contributed by atoms with E-state index in [4.69, 9.17) is 9.47 Å². The summed E-state index contributed by atoms with van der Waals surface area (Å²) in [6.07, 6.45) is -0.0521. The molecule has 5 heteroatoms. The number of amides is 1. The van der Waals surface area contributed by atoms with Crippen LogP contribution in [0, 0.1) is 5.92 Å². The maximum Gasteiger partial charge on any atom is 0.408 e. The molecule has 0 aliphatic heterocycles. The van der Waals surface area contributed by atoms with Crippen molar-refractivity contribution in [3.8, 4) is 0 Å². The molecular formula is C22H27NO4. The summed E-state index contributed by atoms with van der Waals surface area (Å²) in [5.74, 6) is -0.247. The van der Waals surface area contributed by atoms with Gasteiger partial charge >= 0.3 is 12.1 Å². The number of ether oxygens (including phenoxy) is 2. The lowest BCUT2D eigenvalue weighted by molar-refractivity contribution is -0.143. The summed E-state index contributed by atoms with van der Waals surface area (Å²) in [4.78, 5) is 24.4. The lowest BCUT2D eigenvalue weighted by Gasteiger charge is -2.22. The van der Waals surface area contributed by atoms with Crippen LogP contribution >= 0.6 is 0 Å². The highest BCUT2D eigenvalue weighted by atomic mass is 16.6. The van der Waals surface area contributed by atoms with Crippen LogP contribution in [0.1, 0.15) is 37.5 Å². The van der Waals surface area contributed by atoms with Gasteiger partial charge in [-0.2, -0.15) is 0 Å². The molecular weight excluding hydrogens is 342 g/mol. The Morgan fingerprint density at radius 3 is 2.11 bits per heavy atom. The summed E-state index contributed by atoms with van der Waals surface area (Å²) in [5, 5.41) is 2.65. The molecule has 0 saturated carbocycles.